The van der Waals surface area contributed by atoms with Gasteiger partial charge < -0.3 is 9.47 Å². The van der Waals surface area contributed by atoms with E-state index in [1.54, 1.807) is 27.7 Å². The quantitative estimate of drug-likeness (QED) is 0.731. The Bertz CT molecular complexity index is 584. The summed E-state index contributed by atoms with van der Waals surface area (Å²) in [5, 5.41) is 9.01. The zero-order chi connectivity index (χ0) is 16.9. The maximum Gasteiger partial charge on any atom is 0.432 e. The number of fused-ring (bicyclic) bond motifs is 5. The minimum Gasteiger partial charge on any atom is -0.448 e. The lowest BCUT2D eigenvalue weighted by Crippen LogP contribution is -2.58. The highest BCUT2D eigenvalue weighted by Gasteiger charge is 2.64. The highest BCUT2D eigenvalue weighted by Crippen LogP contribution is 2.46. The molecule has 0 spiro atoms. The van der Waals surface area contributed by atoms with Gasteiger partial charge in [0.2, 0.25) is 5.91 Å². The molecule has 0 aromatic carbocycles. The molecule has 4 unspecified atom stereocenters. The van der Waals surface area contributed by atoms with Gasteiger partial charge in [0, 0.05) is 0 Å². The van der Waals surface area contributed by atoms with E-state index < -0.39 is 41.8 Å². The summed E-state index contributed by atoms with van der Waals surface area (Å²) in [6.45, 7) is 7.11. The van der Waals surface area contributed by atoms with Crippen molar-refractivity contribution in [1.29, 1.82) is 0 Å². The van der Waals surface area contributed by atoms with Crippen LogP contribution in [0.15, 0.2) is 10.3 Å². The second-order valence-electron chi connectivity index (χ2n) is 6.83. The van der Waals surface area contributed by atoms with Crippen LogP contribution in [0.25, 0.3) is 0 Å². The summed E-state index contributed by atoms with van der Waals surface area (Å²) >= 11 is 0. The molecule has 0 N–H and O–H groups in total. The number of hydrogen-bond donors (Lipinski definition) is 0. The Morgan fingerprint density at radius 1 is 1.30 bits per heavy atom. The van der Waals surface area contributed by atoms with Crippen LogP contribution in [0.2, 0.25) is 0 Å². The first-order valence-corrected chi connectivity index (χ1v) is 7.67. The fraction of sp³-hybridized carbons (Fsp3) is 0.786. The first-order valence-electron chi connectivity index (χ1n) is 7.67. The van der Waals surface area contributed by atoms with E-state index >= 15 is 0 Å². The van der Waals surface area contributed by atoms with E-state index in [2.05, 4.69) is 10.3 Å². The summed E-state index contributed by atoms with van der Waals surface area (Å²) in [4.78, 5) is 37.9. The molecule has 2 bridgehead atoms. The van der Waals surface area contributed by atoms with Crippen molar-refractivity contribution in [3.63, 3.8) is 0 Å². The second kappa shape index (κ2) is 5.17. The number of ether oxygens (including phenoxy) is 2. The van der Waals surface area contributed by atoms with Crippen LogP contribution in [-0.2, 0) is 14.3 Å². The van der Waals surface area contributed by atoms with E-state index in [0.29, 0.717) is 6.42 Å². The molecule has 23 heavy (non-hydrogen) atoms. The lowest BCUT2D eigenvalue weighted by Gasteiger charge is -2.34. The van der Waals surface area contributed by atoms with Crippen LogP contribution >= 0.6 is 0 Å². The Labute approximate surface area is 133 Å². The van der Waals surface area contributed by atoms with Gasteiger partial charge in [-0.1, -0.05) is 5.22 Å². The Hall–Kier alpha value is -2.19. The van der Waals surface area contributed by atoms with Crippen LogP contribution in [-0.4, -0.2) is 58.3 Å². The molecule has 1 saturated heterocycles. The standard InChI is InChI=1S/C14H20N4O5/c1-5-22-13(21)18-10-8-6-7(9(10)15-16-18)11(19)17(8)12(20)23-14(2,3)4/h7-10H,5-6H2,1-4H3. The molecule has 4 atom stereocenters. The molecule has 1 aliphatic carbocycles. The number of piperidine rings is 1. The highest BCUT2D eigenvalue weighted by molar-refractivity contribution is 5.97. The van der Waals surface area contributed by atoms with E-state index in [1.165, 1.54) is 0 Å². The molecule has 0 aromatic heterocycles. The largest absolute Gasteiger partial charge is 0.448 e. The minimum absolute atomic E-state index is 0.213. The van der Waals surface area contributed by atoms with Crippen molar-refractivity contribution < 1.29 is 23.9 Å². The molecule has 3 aliphatic rings. The zero-order valence-electron chi connectivity index (χ0n) is 13.6. The first-order chi connectivity index (χ1) is 10.7. The summed E-state index contributed by atoms with van der Waals surface area (Å²) in [5.41, 5.74) is -0.705. The number of carbonyl (C=O) groups is 3. The van der Waals surface area contributed by atoms with Crippen molar-refractivity contribution in [3.8, 4) is 0 Å². The van der Waals surface area contributed by atoms with E-state index in [0.717, 1.165) is 9.91 Å². The van der Waals surface area contributed by atoms with Gasteiger partial charge in [-0.25, -0.2) is 14.5 Å². The summed E-state index contributed by atoms with van der Waals surface area (Å²) < 4.78 is 10.3. The molecule has 2 aliphatic heterocycles. The normalized spacial score (nSPS) is 31.6. The third kappa shape index (κ3) is 2.43. The van der Waals surface area contributed by atoms with Crippen LogP contribution in [0.4, 0.5) is 9.59 Å². The van der Waals surface area contributed by atoms with Gasteiger partial charge >= 0.3 is 12.2 Å². The number of imide groups is 1. The van der Waals surface area contributed by atoms with Gasteiger partial charge in [-0.15, -0.1) is 0 Å². The van der Waals surface area contributed by atoms with Gasteiger partial charge in [0.15, 0.2) is 0 Å². The Morgan fingerprint density at radius 3 is 2.61 bits per heavy atom. The van der Waals surface area contributed by atoms with Crippen molar-refractivity contribution >= 4 is 18.1 Å². The fourth-order valence-corrected chi connectivity index (χ4v) is 3.37. The number of rotatable bonds is 1. The second-order valence-corrected chi connectivity index (χ2v) is 6.83. The van der Waals surface area contributed by atoms with Gasteiger partial charge in [0.25, 0.3) is 0 Å². The van der Waals surface area contributed by atoms with Crippen molar-refractivity contribution in [2.75, 3.05) is 6.61 Å². The molecule has 126 valence electrons. The van der Waals surface area contributed by atoms with Crippen LogP contribution in [0.3, 0.4) is 0 Å². The minimum atomic E-state index is -0.705. The molecule has 2 fully saturated rings. The number of amides is 3. The summed E-state index contributed by atoms with van der Waals surface area (Å²) in [6, 6.07) is -1.35. The van der Waals surface area contributed by atoms with Crippen molar-refractivity contribution in [2.45, 2.75) is 57.8 Å². The third-order valence-electron chi connectivity index (χ3n) is 4.15. The van der Waals surface area contributed by atoms with Crippen molar-refractivity contribution in [3.05, 3.63) is 0 Å². The van der Waals surface area contributed by atoms with Crippen molar-refractivity contribution in [1.82, 2.24) is 9.91 Å². The third-order valence-corrected chi connectivity index (χ3v) is 4.15. The van der Waals surface area contributed by atoms with Gasteiger partial charge in [-0.3, -0.25) is 4.79 Å². The van der Waals surface area contributed by atoms with Gasteiger partial charge in [-0.05, 0) is 34.1 Å². The van der Waals surface area contributed by atoms with Crippen LogP contribution in [0, 0.1) is 5.92 Å². The number of carbonyl (C=O) groups excluding carboxylic acids is 3. The van der Waals surface area contributed by atoms with Crippen LogP contribution < -0.4 is 0 Å². The maximum atomic E-state index is 12.4. The molecule has 3 rings (SSSR count). The molecular weight excluding hydrogens is 304 g/mol. The number of nitrogens with zero attached hydrogens (tertiary/aromatic N) is 4. The summed E-state index contributed by atoms with van der Waals surface area (Å²) in [6.07, 6.45) is -0.848. The zero-order valence-corrected chi connectivity index (χ0v) is 13.6. The average molecular weight is 324 g/mol. The lowest BCUT2D eigenvalue weighted by molar-refractivity contribution is -0.135. The van der Waals surface area contributed by atoms with E-state index in [4.69, 9.17) is 9.47 Å². The number of hydrogen-bond acceptors (Lipinski definition) is 7. The Kier molecular flexibility index (Phi) is 3.53. The molecule has 0 radical (unpaired) electrons. The monoisotopic (exact) mass is 324 g/mol. The predicted octanol–water partition coefficient (Wildman–Crippen LogP) is 1.73. The molecule has 0 aromatic rings. The smallest absolute Gasteiger partial charge is 0.432 e. The molecular formula is C14H20N4O5. The maximum absolute atomic E-state index is 12.4. The molecule has 2 heterocycles. The fourth-order valence-electron chi connectivity index (χ4n) is 3.37. The highest BCUT2D eigenvalue weighted by atomic mass is 16.6. The summed E-state index contributed by atoms with van der Waals surface area (Å²) in [7, 11) is 0. The Balaban J connectivity index is 1.81. The van der Waals surface area contributed by atoms with E-state index in [1.807, 2.05) is 0 Å². The molecule has 1 saturated carbocycles. The van der Waals surface area contributed by atoms with Gasteiger partial charge in [-0.2, -0.15) is 10.1 Å². The molecule has 9 nitrogen and oxygen atoms in total. The lowest BCUT2D eigenvalue weighted by atomic mass is 9.99. The van der Waals surface area contributed by atoms with Gasteiger partial charge in [0.1, 0.15) is 17.7 Å². The number of likely N-dealkylation sites (tertiary alicyclic amines) is 1. The average Bonchev–Trinajstić information content (AvgIpc) is 3.05. The van der Waals surface area contributed by atoms with Gasteiger partial charge in [0.05, 0.1) is 18.6 Å². The first kappa shape index (κ1) is 15.7. The summed E-state index contributed by atoms with van der Waals surface area (Å²) in [5.74, 6) is -0.754. The molecule has 3 amide bonds. The topological polar surface area (TPSA) is 101 Å². The van der Waals surface area contributed by atoms with E-state index in [9.17, 15) is 14.4 Å². The van der Waals surface area contributed by atoms with Crippen LogP contribution in [0.1, 0.15) is 34.1 Å². The van der Waals surface area contributed by atoms with E-state index in [-0.39, 0.29) is 12.5 Å². The predicted molar refractivity (Wildman–Crippen MR) is 76.3 cm³/mol. The Morgan fingerprint density at radius 2 is 2.00 bits per heavy atom. The van der Waals surface area contributed by atoms with Crippen LogP contribution in [0.5, 0.6) is 0 Å². The van der Waals surface area contributed by atoms with Crippen molar-refractivity contribution in [2.24, 2.45) is 16.3 Å². The SMILES string of the molecule is CCOC(=O)N1N=NC2C3CC(C21)N(C(=O)OC(C)(C)C)C3=O. The molecule has 9 heteroatoms.